The molecule has 5 heteroatoms. The maximum Gasteiger partial charge on any atom is 0.165 e. The molecule has 1 rings (SSSR count). The van der Waals surface area contributed by atoms with E-state index < -0.39 is 0 Å². The zero-order valence-electron chi connectivity index (χ0n) is 11.2. The van der Waals surface area contributed by atoms with E-state index >= 15 is 0 Å². The smallest absolute Gasteiger partial charge is 0.165 e. The number of nitrogens with zero attached hydrogens (tertiary/aromatic N) is 2. The third kappa shape index (κ3) is 3.30. The predicted molar refractivity (Wildman–Crippen MR) is 78.7 cm³/mol. The minimum Gasteiger partial charge on any atom is -0.396 e. The molecular weight excluding hydrogens is 244 g/mol. The fourth-order valence-corrected chi connectivity index (χ4v) is 2.56. The van der Waals surface area contributed by atoms with Gasteiger partial charge in [-0.25, -0.2) is 4.98 Å². The number of thioether (sulfide) groups is 1. The Hall–Kier alpha value is -1.41. The van der Waals surface area contributed by atoms with Crippen molar-refractivity contribution in [3.05, 3.63) is 17.8 Å². The first-order chi connectivity index (χ1) is 8.60. The molecule has 0 unspecified atom stereocenters. The van der Waals surface area contributed by atoms with E-state index in [1.807, 2.05) is 23.9 Å². The van der Waals surface area contributed by atoms with Crippen LogP contribution in [0.15, 0.2) is 12.1 Å². The van der Waals surface area contributed by atoms with E-state index in [0.29, 0.717) is 11.5 Å². The number of nitriles is 1. The van der Waals surface area contributed by atoms with E-state index in [9.17, 15) is 0 Å². The monoisotopic (exact) mass is 264 g/mol. The highest BCUT2D eigenvalue weighted by atomic mass is 32.2. The SMILES string of the molecule is CCC(CC)(CNc1ccc(N)c(C#N)n1)SC. The van der Waals surface area contributed by atoms with Gasteiger partial charge in [-0.1, -0.05) is 13.8 Å². The van der Waals surface area contributed by atoms with Crippen LogP contribution in [0.25, 0.3) is 0 Å². The average Bonchev–Trinajstić information content (AvgIpc) is 2.42. The molecule has 0 radical (unpaired) electrons. The number of hydrogen-bond acceptors (Lipinski definition) is 5. The second kappa shape index (κ2) is 6.50. The fourth-order valence-electron chi connectivity index (χ4n) is 1.77. The van der Waals surface area contributed by atoms with Gasteiger partial charge in [0.2, 0.25) is 0 Å². The molecule has 0 spiro atoms. The van der Waals surface area contributed by atoms with Gasteiger partial charge < -0.3 is 11.1 Å². The van der Waals surface area contributed by atoms with E-state index in [2.05, 4.69) is 30.4 Å². The van der Waals surface area contributed by atoms with Crippen molar-refractivity contribution in [1.82, 2.24) is 4.98 Å². The maximum absolute atomic E-state index is 8.89. The van der Waals surface area contributed by atoms with Gasteiger partial charge in [0.1, 0.15) is 11.9 Å². The maximum atomic E-state index is 8.89. The molecule has 0 aliphatic rings. The topological polar surface area (TPSA) is 74.7 Å². The van der Waals surface area contributed by atoms with Gasteiger partial charge in [-0.2, -0.15) is 17.0 Å². The largest absolute Gasteiger partial charge is 0.396 e. The van der Waals surface area contributed by atoms with E-state index in [1.165, 1.54) is 0 Å². The van der Waals surface area contributed by atoms with Crippen molar-refractivity contribution in [2.24, 2.45) is 0 Å². The van der Waals surface area contributed by atoms with Crippen LogP contribution in [0.3, 0.4) is 0 Å². The summed E-state index contributed by atoms with van der Waals surface area (Å²) in [6.07, 6.45) is 4.32. The summed E-state index contributed by atoms with van der Waals surface area (Å²) in [5, 5.41) is 12.2. The predicted octanol–water partition coefficient (Wildman–Crippen LogP) is 2.87. The van der Waals surface area contributed by atoms with Gasteiger partial charge in [0.05, 0.1) is 5.69 Å². The molecule has 0 atom stereocenters. The number of nitrogens with one attached hydrogen (secondary N) is 1. The van der Waals surface area contributed by atoms with Crippen LogP contribution in [0.5, 0.6) is 0 Å². The van der Waals surface area contributed by atoms with Gasteiger partial charge in [0, 0.05) is 11.3 Å². The average molecular weight is 264 g/mol. The summed E-state index contributed by atoms with van der Waals surface area (Å²) in [7, 11) is 0. The number of rotatable bonds is 6. The number of hydrogen-bond donors (Lipinski definition) is 2. The Balaban J connectivity index is 2.77. The second-order valence-electron chi connectivity index (χ2n) is 4.19. The minimum atomic E-state index is 0.218. The lowest BCUT2D eigenvalue weighted by Crippen LogP contribution is -2.32. The summed E-state index contributed by atoms with van der Waals surface area (Å²) >= 11 is 1.87. The third-order valence-corrected chi connectivity index (χ3v) is 4.93. The van der Waals surface area contributed by atoms with Gasteiger partial charge in [-0.3, -0.25) is 0 Å². The molecular formula is C13H20N4S. The van der Waals surface area contributed by atoms with E-state index in [-0.39, 0.29) is 10.4 Å². The summed E-state index contributed by atoms with van der Waals surface area (Å²) in [6.45, 7) is 5.22. The van der Waals surface area contributed by atoms with Crippen LogP contribution in [0.1, 0.15) is 32.4 Å². The van der Waals surface area contributed by atoms with Crippen LogP contribution >= 0.6 is 11.8 Å². The van der Waals surface area contributed by atoms with E-state index in [4.69, 9.17) is 11.0 Å². The molecule has 0 fully saturated rings. The highest BCUT2D eigenvalue weighted by Gasteiger charge is 2.24. The lowest BCUT2D eigenvalue weighted by molar-refractivity contribution is 0.574. The molecule has 1 aromatic heterocycles. The Bertz CT molecular complexity index is 427. The summed E-state index contributed by atoms with van der Waals surface area (Å²) in [5.74, 6) is 0.709. The lowest BCUT2D eigenvalue weighted by atomic mass is 10.0. The van der Waals surface area contributed by atoms with Crippen molar-refractivity contribution >= 4 is 23.3 Å². The van der Waals surface area contributed by atoms with Crippen molar-refractivity contribution < 1.29 is 0 Å². The van der Waals surface area contributed by atoms with Gasteiger partial charge in [-0.15, -0.1) is 0 Å². The zero-order chi connectivity index (χ0) is 13.6. The number of pyridine rings is 1. The van der Waals surface area contributed by atoms with Crippen LogP contribution in [0.2, 0.25) is 0 Å². The molecule has 0 aliphatic heterocycles. The van der Waals surface area contributed by atoms with Crippen molar-refractivity contribution in [2.75, 3.05) is 23.9 Å². The first-order valence-electron chi connectivity index (χ1n) is 6.06. The van der Waals surface area contributed by atoms with Crippen LogP contribution in [-0.4, -0.2) is 22.5 Å². The Morgan fingerprint density at radius 3 is 2.61 bits per heavy atom. The summed E-state index contributed by atoms with van der Waals surface area (Å²) in [6, 6.07) is 5.52. The number of anilines is 2. The molecule has 0 aromatic carbocycles. The Morgan fingerprint density at radius 2 is 2.11 bits per heavy atom. The van der Waals surface area contributed by atoms with Crippen molar-refractivity contribution in [3.63, 3.8) is 0 Å². The lowest BCUT2D eigenvalue weighted by Gasteiger charge is -2.30. The summed E-state index contributed by atoms with van der Waals surface area (Å²) in [5.41, 5.74) is 6.35. The van der Waals surface area contributed by atoms with Gasteiger partial charge in [0.15, 0.2) is 5.69 Å². The van der Waals surface area contributed by atoms with Crippen molar-refractivity contribution in [1.29, 1.82) is 5.26 Å². The second-order valence-corrected chi connectivity index (χ2v) is 5.47. The Morgan fingerprint density at radius 1 is 1.44 bits per heavy atom. The van der Waals surface area contributed by atoms with E-state index in [0.717, 1.165) is 19.4 Å². The number of nitrogens with two attached hydrogens (primary N) is 1. The quantitative estimate of drug-likeness (QED) is 0.826. The van der Waals surface area contributed by atoms with E-state index in [1.54, 1.807) is 6.07 Å². The normalized spacial score (nSPS) is 11.0. The summed E-state index contributed by atoms with van der Waals surface area (Å²) in [4.78, 5) is 4.19. The molecule has 0 aliphatic carbocycles. The Kier molecular flexibility index (Phi) is 5.29. The first-order valence-corrected chi connectivity index (χ1v) is 7.29. The van der Waals surface area contributed by atoms with Crippen LogP contribution in [-0.2, 0) is 0 Å². The molecule has 0 amide bonds. The van der Waals surface area contributed by atoms with Gasteiger partial charge in [-0.05, 0) is 31.2 Å². The molecule has 4 nitrogen and oxygen atoms in total. The highest BCUT2D eigenvalue weighted by molar-refractivity contribution is 8.00. The zero-order valence-corrected chi connectivity index (χ0v) is 12.0. The molecule has 1 aromatic rings. The van der Waals surface area contributed by atoms with Crippen molar-refractivity contribution in [2.45, 2.75) is 31.4 Å². The standard InChI is InChI=1S/C13H20N4S/c1-4-13(5-2,18-3)9-16-12-7-6-10(15)11(8-14)17-12/h6-7H,4-5,9,15H2,1-3H3,(H,16,17). The number of nitrogen functional groups attached to an aromatic ring is 1. The molecule has 18 heavy (non-hydrogen) atoms. The van der Waals surface area contributed by atoms with Gasteiger partial charge >= 0.3 is 0 Å². The highest BCUT2D eigenvalue weighted by Crippen LogP contribution is 2.30. The molecule has 1 heterocycles. The summed E-state index contributed by atoms with van der Waals surface area (Å²) < 4.78 is 0.218. The first kappa shape index (κ1) is 14.7. The molecule has 0 bridgehead atoms. The van der Waals surface area contributed by atoms with Crippen LogP contribution in [0.4, 0.5) is 11.5 Å². The fraction of sp³-hybridized carbons (Fsp3) is 0.538. The van der Waals surface area contributed by atoms with Gasteiger partial charge in [0.25, 0.3) is 0 Å². The molecule has 3 N–H and O–H groups in total. The number of aromatic nitrogens is 1. The van der Waals surface area contributed by atoms with Crippen LogP contribution < -0.4 is 11.1 Å². The molecule has 0 saturated heterocycles. The molecule has 0 saturated carbocycles. The minimum absolute atomic E-state index is 0.218. The van der Waals surface area contributed by atoms with Crippen molar-refractivity contribution in [3.8, 4) is 6.07 Å². The Labute approximate surface area is 113 Å². The molecule has 98 valence electrons. The van der Waals surface area contributed by atoms with Crippen LogP contribution in [0, 0.1) is 11.3 Å². The third-order valence-electron chi connectivity index (χ3n) is 3.35.